The summed E-state index contributed by atoms with van der Waals surface area (Å²) in [5.41, 5.74) is 0.756. The molecule has 0 saturated carbocycles. The molecule has 2 amide bonds. The van der Waals surface area contributed by atoms with E-state index in [4.69, 9.17) is 11.6 Å². The van der Waals surface area contributed by atoms with Crippen molar-refractivity contribution >= 4 is 46.8 Å². The van der Waals surface area contributed by atoms with Crippen LogP contribution in [0.15, 0.2) is 24.3 Å². The van der Waals surface area contributed by atoms with Crippen molar-refractivity contribution in [3.8, 4) is 0 Å². The molecule has 0 saturated heterocycles. The number of amides is 2. The van der Waals surface area contributed by atoms with Gasteiger partial charge in [0.2, 0.25) is 0 Å². The summed E-state index contributed by atoms with van der Waals surface area (Å²) in [5.74, 6) is 1.05. The van der Waals surface area contributed by atoms with Crippen molar-refractivity contribution in [2.24, 2.45) is 0 Å². The molecule has 0 bridgehead atoms. The summed E-state index contributed by atoms with van der Waals surface area (Å²) in [6.45, 7) is 0. The quantitative estimate of drug-likeness (QED) is 0.796. The molecule has 0 aliphatic rings. The summed E-state index contributed by atoms with van der Waals surface area (Å²) in [6, 6.07) is 7.02. The lowest BCUT2D eigenvalue weighted by atomic mass is 10.3. The van der Waals surface area contributed by atoms with E-state index >= 15 is 0 Å². The molecule has 1 aromatic rings. The van der Waals surface area contributed by atoms with Crippen LogP contribution in [0, 0.1) is 0 Å². The van der Waals surface area contributed by atoms with Gasteiger partial charge in [-0.15, -0.1) is 11.8 Å². The van der Waals surface area contributed by atoms with Gasteiger partial charge in [-0.1, -0.05) is 11.6 Å². The van der Waals surface area contributed by atoms with E-state index in [0.29, 0.717) is 5.02 Å². The van der Waals surface area contributed by atoms with E-state index < -0.39 is 0 Å². The lowest BCUT2D eigenvalue weighted by molar-refractivity contribution is 0.218. The summed E-state index contributed by atoms with van der Waals surface area (Å²) in [6.07, 6.45) is 5.08. The van der Waals surface area contributed by atoms with Crippen LogP contribution in [0.4, 0.5) is 10.5 Å². The molecule has 1 rings (SSSR count). The molecule has 1 aromatic carbocycles. The van der Waals surface area contributed by atoms with Crippen LogP contribution < -0.4 is 5.32 Å². The second-order valence-electron chi connectivity index (χ2n) is 4.02. The van der Waals surface area contributed by atoms with Crippen molar-refractivity contribution in [1.82, 2.24) is 4.90 Å². The lowest BCUT2D eigenvalue weighted by Gasteiger charge is -2.26. The minimum Gasteiger partial charge on any atom is -0.316 e. The van der Waals surface area contributed by atoms with Crippen molar-refractivity contribution in [2.75, 3.05) is 30.6 Å². The summed E-state index contributed by atoms with van der Waals surface area (Å²) in [4.78, 5) is 13.9. The second kappa shape index (κ2) is 8.61. The summed E-state index contributed by atoms with van der Waals surface area (Å²) >= 11 is 9.30. The van der Waals surface area contributed by atoms with Gasteiger partial charge in [-0.3, -0.25) is 0 Å². The van der Waals surface area contributed by atoms with Crippen molar-refractivity contribution in [3.05, 3.63) is 29.3 Å². The second-order valence-corrected chi connectivity index (χ2v) is 6.46. The maximum Gasteiger partial charge on any atom is 0.322 e. The molecule has 19 heavy (non-hydrogen) atoms. The Bertz CT molecular complexity index is 400. The number of carbonyl (C=O) groups excluding carboxylic acids is 1. The van der Waals surface area contributed by atoms with Gasteiger partial charge in [0, 0.05) is 17.8 Å². The van der Waals surface area contributed by atoms with Crippen LogP contribution >= 0.6 is 35.1 Å². The molecule has 0 aliphatic carbocycles. The van der Waals surface area contributed by atoms with E-state index in [2.05, 4.69) is 11.6 Å². The standard InChI is InChI=1S/C13H19ClN2OS2/c1-16(12(19-3)8-9-18-2)13(17)15-11-6-4-10(14)5-7-11/h4-7,12H,8-9H2,1-3H3,(H,15,17). The predicted octanol–water partition coefficient (Wildman–Crippen LogP) is 4.25. The number of hydrogen-bond donors (Lipinski definition) is 1. The van der Waals surface area contributed by atoms with E-state index in [9.17, 15) is 4.79 Å². The van der Waals surface area contributed by atoms with Gasteiger partial charge in [0.1, 0.15) is 0 Å². The first kappa shape index (κ1) is 16.5. The van der Waals surface area contributed by atoms with Crippen molar-refractivity contribution in [3.63, 3.8) is 0 Å². The van der Waals surface area contributed by atoms with Crippen LogP contribution in [-0.2, 0) is 0 Å². The Morgan fingerprint density at radius 2 is 2.00 bits per heavy atom. The number of hydrogen-bond acceptors (Lipinski definition) is 3. The van der Waals surface area contributed by atoms with E-state index in [1.807, 2.05) is 13.3 Å². The first-order valence-corrected chi connectivity index (χ1v) is 8.95. The van der Waals surface area contributed by atoms with Crippen LogP contribution in [0.1, 0.15) is 6.42 Å². The van der Waals surface area contributed by atoms with Gasteiger partial charge < -0.3 is 10.2 Å². The van der Waals surface area contributed by atoms with E-state index in [0.717, 1.165) is 17.9 Å². The first-order chi connectivity index (χ1) is 9.08. The molecule has 6 heteroatoms. The third kappa shape index (κ3) is 5.55. The number of nitrogens with one attached hydrogen (secondary N) is 1. The van der Waals surface area contributed by atoms with Crippen LogP contribution in [0.3, 0.4) is 0 Å². The lowest BCUT2D eigenvalue weighted by Crippen LogP contribution is -2.38. The molecule has 0 spiro atoms. The fourth-order valence-corrected chi connectivity index (χ4v) is 3.06. The Hall–Kier alpha value is -0.520. The number of carbonyl (C=O) groups is 1. The van der Waals surface area contributed by atoms with Gasteiger partial charge >= 0.3 is 6.03 Å². The number of rotatable bonds is 6. The molecular weight excluding hydrogens is 300 g/mol. The van der Waals surface area contributed by atoms with Crippen molar-refractivity contribution < 1.29 is 4.79 Å². The van der Waals surface area contributed by atoms with Gasteiger partial charge in [0.15, 0.2) is 0 Å². The maximum absolute atomic E-state index is 12.1. The summed E-state index contributed by atoms with van der Waals surface area (Å²) in [7, 11) is 1.83. The van der Waals surface area contributed by atoms with E-state index in [-0.39, 0.29) is 11.4 Å². The van der Waals surface area contributed by atoms with Crippen molar-refractivity contribution in [2.45, 2.75) is 11.8 Å². The molecule has 0 heterocycles. The Morgan fingerprint density at radius 3 is 2.53 bits per heavy atom. The van der Waals surface area contributed by atoms with Gasteiger partial charge in [-0.25, -0.2) is 4.79 Å². The Labute approximate surface area is 128 Å². The molecule has 1 N–H and O–H groups in total. The fourth-order valence-electron chi connectivity index (χ4n) is 1.56. The van der Waals surface area contributed by atoms with Crippen LogP contribution in [0.5, 0.6) is 0 Å². The third-order valence-electron chi connectivity index (χ3n) is 2.69. The largest absolute Gasteiger partial charge is 0.322 e. The zero-order valence-corrected chi connectivity index (χ0v) is 13.7. The Kier molecular flexibility index (Phi) is 7.49. The van der Waals surface area contributed by atoms with Gasteiger partial charge in [-0.05, 0) is 49.0 Å². The van der Waals surface area contributed by atoms with Crippen LogP contribution in [-0.4, -0.2) is 41.6 Å². The topological polar surface area (TPSA) is 32.3 Å². The molecule has 0 aromatic heterocycles. The molecule has 1 atom stereocenters. The van der Waals surface area contributed by atoms with E-state index in [1.54, 1.807) is 52.7 Å². The minimum atomic E-state index is -0.0947. The maximum atomic E-state index is 12.1. The number of benzene rings is 1. The zero-order chi connectivity index (χ0) is 14.3. The predicted molar refractivity (Wildman–Crippen MR) is 88.5 cm³/mol. The van der Waals surface area contributed by atoms with Crippen LogP contribution in [0.2, 0.25) is 5.02 Å². The highest BCUT2D eigenvalue weighted by atomic mass is 35.5. The average Bonchev–Trinajstić information content (AvgIpc) is 2.42. The van der Waals surface area contributed by atoms with Gasteiger partial charge in [-0.2, -0.15) is 11.8 Å². The highest BCUT2D eigenvalue weighted by Gasteiger charge is 2.18. The number of anilines is 1. The van der Waals surface area contributed by atoms with Crippen LogP contribution in [0.25, 0.3) is 0 Å². The zero-order valence-electron chi connectivity index (χ0n) is 11.4. The average molecular weight is 319 g/mol. The fraction of sp³-hybridized carbons (Fsp3) is 0.462. The number of urea groups is 1. The highest BCUT2D eigenvalue weighted by Crippen LogP contribution is 2.19. The monoisotopic (exact) mass is 318 g/mol. The molecule has 0 radical (unpaired) electrons. The Balaban J connectivity index is 2.57. The number of nitrogens with zero attached hydrogens (tertiary/aromatic N) is 1. The molecular formula is C13H19ClN2OS2. The summed E-state index contributed by atoms with van der Waals surface area (Å²) < 4.78 is 0. The summed E-state index contributed by atoms with van der Waals surface area (Å²) in [5, 5.41) is 3.72. The molecule has 0 aliphatic heterocycles. The number of halogens is 1. The molecule has 106 valence electrons. The molecule has 0 fully saturated rings. The van der Waals surface area contributed by atoms with Gasteiger partial charge in [0.25, 0.3) is 0 Å². The third-order valence-corrected chi connectivity index (χ3v) is 4.68. The molecule has 3 nitrogen and oxygen atoms in total. The minimum absolute atomic E-state index is 0.0947. The normalized spacial score (nSPS) is 12.0. The first-order valence-electron chi connectivity index (χ1n) is 5.89. The van der Waals surface area contributed by atoms with E-state index in [1.165, 1.54) is 0 Å². The smallest absolute Gasteiger partial charge is 0.316 e. The highest BCUT2D eigenvalue weighted by molar-refractivity contribution is 7.99. The Morgan fingerprint density at radius 1 is 1.37 bits per heavy atom. The van der Waals surface area contributed by atoms with Crippen molar-refractivity contribution in [1.29, 1.82) is 0 Å². The molecule has 1 unspecified atom stereocenters. The SMILES string of the molecule is CSCCC(SC)N(C)C(=O)Nc1ccc(Cl)cc1. The number of thioether (sulfide) groups is 2. The van der Waals surface area contributed by atoms with Gasteiger partial charge in [0.05, 0.1) is 5.37 Å².